The number of benzene rings is 1. The Hall–Kier alpha value is -1.26. The first-order chi connectivity index (χ1) is 8.90. The molecule has 2 saturated heterocycles. The SMILES string of the molecule is c1cc(NC2CCCO2)ccc1NC1CCCO1. The van der Waals surface area contributed by atoms with Gasteiger partial charge in [0.2, 0.25) is 0 Å². The van der Waals surface area contributed by atoms with Crippen molar-refractivity contribution in [2.75, 3.05) is 23.8 Å². The zero-order valence-corrected chi connectivity index (χ0v) is 10.5. The number of rotatable bonds is 4. The molecule has 18 heavy (non-hydrogen) atoms. The summed E-state index contributed by atoms with van der Waals surface area (Å²) in [6.45, 7) is 1.74. The van der Waals surface area contributed by atoms with E-state index in [0.29, 0.717) is 0 Å². The Balaban J connectivity index is 1.54. The van der Waals surface area contributed by atoms with Crippen molar-refractivity contribution in [1.82, 2.24) is 0 Å². The van der Waals surface area contributed by atoms with Gasteiger partial charge >= 0.3 is 0 Å². The summed E-state index contributed by atoms with van der Waals surface area (Å²) in [5.41, 5.74) is 2.22. The largest absolute Gasteiger partial charge is 0.360 e. The number of hydrogen-bond acceptors (Lipinski definition) is 4. The molecule has 4 heteroatoms. The first kappa shape index (κ1) is 11.8. The Morgan fingerprint density at radius 1 is 0.778 bits per heavy atom. The van der Waals surface area contributed by atoms with Crippen LogP contribution in [0.15, 0.2) is 24.3 Å². The lowest BCUT2D eigenvalue weighted by molar-refractivity contribution is 0.131. The van der Waals surface area contributed by atoms with Gasteiger partial charge in [0.05, 0.1) is 0 Å². The zero-order valence-electron chi connectivity index (χ0n) is 10.5. The van der Waals surface area contributed by atoms with Crippen molar-refractivity contribution >= 4 is 11.4 Å². The van der Waals surface area contributed by atoms with Gasteiger partial charge in [0.25, 0.3) is 0 Å². The summed E-state index contributed by atoms with van der Waals surface area (Å²) in [6.07, 6.45) is 4.85. The van der Waals surface area contributed by atoms with Crippen LogP contribution in [0.4, 0.5) is 11.4 Å². The molecule has 1 aromatic carbocycles. The topological polar surface area (TPSA) is 42.5 Å². The Morgan fingerprint density at radius 3 is 1.56 bits per heavy atom. The highest BCUT2D eigenvalue weighted by atomic mass is 16.5. The normalized spacial score (nSPS) is 27.3. The zero-order chi connectivity index (χ0) is 12.2. The summed E-state index contributed by atoms with van der Waals surface area (Å²) in [5, 5.41) is 6.76. The fourth-order valence-electron chi connectivity index (χ4n) is 2.42. The average molecular weight is 248 g/mol. The van der Waals surface area contributed by atoms with Crippen molar-refractivity contribution in [3.63, 3.8) is 0 Å². The summed E-state index contributed by atoms with van der Waals surface area (Å²) < 4.78 is 11.1. The molecule has 2 unspecified atom stereocenters. The molecular formula is C14H20N2O2. The number of hydrogen-bond donors (Lipinski definition) is 2. The quantitative estimate of drug-likeness (QED) is 0.860. The van der Waals surface area contributed by atoms with Crippen LogP contribution in [0.25, 0.3) is 0 Å². The van der Waals surface area contributed by atoms with Gasteiger partial charge in [0, 0.05) is 24.6 Å². The van der Waals surface area contributed by atoms with Crippen LogP contribution in [0.1, 0.15) is 25.7 Å². The predicted molar refractivity (Wildman–Crippen MR) is 71.6 cm³/mol. The predicted octanol–water partition coefficient (Wildman–Crippen LogP) is 2.78. The fraction of sp³-hybridized carbons (Fsp3) is 0.571. The van der Waals surface area contributed by atoms with Crippen molar-refractivity contribution in [3.8, 4) is 0 Å². The van der Waals surface area contributed by atoms with E-state index in [1.54, 1.807) is 0 Å². The van der Waals surface area contributed by atoms with Gasteiger partial charge in [-0.25, -0.2) is 0 Å². The summed E-state index contributed by atoms with van der Waals surface area (Å²) in [5.74, 6) is 0. The van der Waals surface area contributed by atoms with Crippen LogP contribution in [0.2, 0.25) is 0 Å². The minimum Gasteiger partial charge on any atom is -0.360 e. The van der Waals surface area contributed by atoms with Gasteiger partial charge in [0.1, 0.15) is 12.5 Å². The highest BCUT2D eigenvalue weighted by Crippen LogP contribution is 2.21. The van der Waals surface area contributed by atoms with E-state index in [-0.39, 0.29) is 12.5 Å². The molecule has 1 aromatic rings. The molecule has 2 fully saturated rings. The molecule has 0 amide bonds. The molecular weight excluding hydrogens is 228 g/mol. The van der Waals surface area contributed by atoms with E-state index in [9.17, 15) is 0 Å². The molecule has 2 atom stereocenters. The van der Waals surface area contributed by atoms with Crippen LogP contribution in [0, 0.1) is 0 Å². The van der Waals surface area contributed by atoms with Gasteiger partial charge in [-0.05, 0) is 49.9 Å². The molecule has 0 bridgehead atoms. The highest BCUT2D eigenvalue weighted by Gasteiger charge is 2.16. The van der Waals surface area contributed by atoms with E-state index >= 15 is 0 Å². The maximum atomic E-state index is 5.55. The minimum atomic E-state index is 0.182. The minimum absolute atomic E-state index is 0.182. The first-order valence-corrected chi connectivity index (χ1v) is 6.76. The Morgan fingerprint density at radius 2 is 1.22 bits per heavy atom. The van der Waals surface area contributed by atoms with E-state index in [1.165, 1.54) is 0 Å². The van der Waals surface area contributed by atoms with Gasteiger partial charge in [-0.3, -0.25) is 0 Å². The van der Waals surface area contributed by atoms with Gasteiger partial charge in [-0.1, -0.05) is 0 Å². The van der Waals surface area contributed by atoms with Crippen LogP contribution < -0.4 is 10.6 Å². The van der Waals surface area contributed by atoms with E-state index in [2.05, 4.69) is 34.9 Å². The van der Waals surface area contributed by atoms with E-state index in [1.807, 2.05) is 0 Å². The Bertz CT molecular complexity index is 331. The third kappa shape index (κ3) is 2.94. The third-order valence-corrected chi connectivity index (χ3v) is 3.40. The summed E-state index contributed by atoms with van der Waals surface area (Å²) in [4.78, 5) is 0. The number of nitrogens with one attached hydrogen (secondary N) is 2. The summed E-state index contributed by atoms with van der Waals surface area (Å²) in [7, 11) is 0. The van der Waals surface area contributed by atoms with Crippen molar-refractivity contribution < 1.29 is 9.47 Å². The maximum absolute atomic E-state index is 5.55. The third-order valence-electron chi connectivity index (χ3n) is 3.40. The number of anilines is 2. The van der Waals surface area contributed by atoms with Crippen molar-refractivity contribution in [2.45, 2.75) is 38.1 Å². The van der Waals surface area contributed by atoms with Crippen LogP contribution >= 0.6 is 0 Å². The molecule has 2 aliphatic rings. The van der Waals surface area contributed by atoms with Crippen LogP contribution in [0.5, 0.6) is 0 Å². The molecule has 0 spiro atoms. The molecule has 2 N–H and O–H groups in total. The molecule has 0 aliphatic carbocycles. The molecule has 4 nitrogen and oxygen atoms in total. The standard InChI is InChI=1S/C14H20N2O2/c1-3-13(17-9-1)15-11-5-7-12(8-6-11)16-14-4-2-10-18-14/h5-8,13-16H,1-4,9-10H2. The van der Waals surface area contributed by atoms with Gasteiger partial charge in [-0.15, -0.1) is 0 Å². The van der Waals surface area contributed by atoms with Gasteiger partial charge in [-0.2, -0.15) is 0 Å². The Labute approximate surface area is 108 Å². The molecule has 2 aliphatic heterocycles. The van der Waals surface area contributed by atoms with E-state index < -0.39 is 0 Å². The molecule has 98 valence electrons. The average Bonchev–Trinajstić information content (AvgIpc) is 3.05. The second-order valence-electron chi connectivity index (χ2n) is 4.87. The maximum Gasteiger partial charge on any atom is 0.127 e. The van der Waals surface area contributed by atoms with Crippen LogP contribution in [-0.2, 0) is 9.47 Å². The van der Waals surface area contributed by atoms with Crippen molar-refractivity contribution in [1.29, 1.82) is 0 Å². The molecule has 0 radical (unpaired) electrons. The second kappa shape index (κ2) is 5.59. The van der Waals surface area contributed by atoms with E-state index in [4.69, 9.17) is 9.47 Å². The monoisotopic (exact) mass is 248 g/mol. The van der Waals surface area contributed by atoms with E-state index in [0.717, 1.165) is 50.3 Å². The molecule has 0 aromatic heterocycles. The second-order valence-corrected chi connectivity index (χ2v) is 4.87. The lowest BCUT2D eigenvalue weighted by Gasteiger charge is -2.16. The molecule has 2 heterocycles. The van der Waals surface area contributed by atoms with Gasteiger partial charge in [0.15, 0.2) is 0 Å². The summed E-state index contributed by atoms with van der Waals surface area (Å²) in [6, 6.07) is 8.33. The molecule has 0 saturated carbocycles. The lowest BCUT2D eigenvalue weighted by Crippen LogP contribution is -2.18. The highest BCUT2D eigenvalue weighted by molar-refractivity contribution is 5.54. The number of ether oxygens (including phenoxy) is 2. The van der Waals surface area contributed by atoms with Crippen LogP contribution in [-0.4, -0.2) is 25.7 Å². The summed E-state index contributed by atoms with van der Waals surface area (Å²) >= 11 is 0. The smallest absolute Gasteiger partial charge is 0.127 e. The fourth-order valence-corrected chi connectivity index (χ4v) is 2.42. The molecule has 3 rings (SSSR count). The van der Waals surface area contributed by atoms with Crippen molar-refractivity contribution in [3.05, 3.63) is 24.3 Å². The Kier molecular flexibility index (Phi) is 3.67. The van der Waals surface area contributed by atoms with Crippen LogP contribution in [0.3, 0.4) is 0 Å². The van der Waals surface area contributed by atoms with Gasteiger partial charge < -0.3 is 20.1 Å². The van der Waals surface area contributed by atoms with Crippen molar-refractivity contribution in [2.24, 2.45) is 0 Å². The lowest BCUT2D eigenvalue weighted by atomic mass is 10.2. The first-order valence-electron chi connectivity index (χ1n) is 6.76.